The van der Waals surface area contributed by atoms with Crippen molar-refractivity contribution in [2.24, 2.45) is 0 Å². The van der Waals surface area contributed by atoms with E-state index in [9.17, 15) is 13.5 Å². The van der Waals surface area contributed by atoms with Crippen LogP contribution in [0.2, 0.25) is 0 Å². The zero-order valence-corrected chi connectivity index (χ0v) is 13.8. The van der Waals surface area contributed by atoms with Gasteiger partial charge in [-0.15, -0.1) is 0 Å². The van der Waals surface area contributed by atoms with Crippen LogP contribution in [0.3, 0.4) is 0 Å². The predicted molar refractivity (Wildman–Crippen MR) is 82.6 cm³/mol. The van der Waals surface area contributed by atoms with Crippen LogP contribution in [0.25, 0.3) is 0 Å². The number of rotatable bonds is 7. The summed E-state index contributed by atoms with van der Waals surface area (Å²) < 4.78 is 32.1. The summed E-state index contributed by atoms with van der Waals surface area (Å²) >= 11 is 0. The lowest BCUT2D eigenvalue weighted by Gasteiger charge is -2.24. The fourth-order valence-corrected chi connectivity index (χ4v) is 3.48. The lowest BCUT2D eigenvalue weighted by Crippen LogP contribution is -2.41. The van der Waals surface area contributed by atoms with Crippen LogP contribution in [0.15, 0.2) is 17.0 Å². The molecule has 0 aromatic heterocycles. The summed E-state index contributed by atoms with van der Waals surface area (Å²) in [7, 11) is -2.25. The number of hydrogen-bond acceptors (Lipinski definition) is 5. The van der Waals surface area contributed by atoms with Gasteiger partial charge >= 0.3 is 0 Å². The summed E-state index contributed by atoms with van der Waals surface area (Å²) in [4.78, 5) is 0.0741. The number of aryl methyl sites for hydroxylation is 2. The number of nitrogens with two attached hydrogens (primary N) is 1. The van der Waals surface area contributed by atoms with Crippen molar-refractivity contribution in [3.63, 3.8) is 0 Å². The molecule has 1 unspecified atom stereocenters. The Balaban J connectivity index is 2.96. The number of ether oxygens (including phenoxy) is 1. The van der Waals surface area contributed by atoms with Gasteiger partial charge in [0.05, 0.1) is 11.3 Å². The normalized spacial score (nSPS) is 14.9. The number of aliphatic hydroxyl groups is 1. The second-order valence-electron chi connectivity index (χ2n) is 5.51. The van der Waals surface area contributed by atoms with E-state index >= 15 is 0 Å². The number of hydrogen-bond donors (Lipinski definition) is 3. The molecule has 1 rings (SSSR count). The van der Waals surface area contributed by atoms with E-state index < -0.39 is 15.6 Å². The summed E-state index contributed by atoms with van der Waals surface area (Å²) in [5.74, 6) is 0. The van der Waals surface area contributed by atoms with E-state index in [1.165, 1.54) is 7.11 Å². The Morgan fingerprint density at radius 3 is 2.48 bits per heavy atom. The van der Waals surface area contributed by atoms with Gasteiger partial charge in [-0.1, -0.05) is 12.1 Å². The lowest BCUT2D eigenvalue weighted by atomic mass is 10.0. The van der Waals surface area contributed by atoms with Gasteiger partial charge in [-0.25, -0.2) is 13.1 Å². The maximum atomic E-state index is 12.4. The molecule has 6 nitrogen and oxygen atoms in total. The first-order chi connectivity index (χ1) is 9.60. The first kappa shape index (κ1) is 17.9. The van der Waals surface area contributed by atoms with Gasteiger partial charge in [0.25, 0.3) is 0 Å². The Bertz CT molecular complexity index is 597. The monoisotopic (exact) mass is 316 g/mol. The molecule has 0 fully saturated rings. The zero-order valence-electron chi connectivity index (χ0n) is 12.9. The molecule has 120 valence electrons. The third-order valence-electron chi connectivity index (χ3n) is 3.37. The molecule has 0 radical (unpaired) electrons. The molecule has 0 saturated heterocycles. The Morgan fingerprint density at radius 1 is 1.33 bits per heavy atom. The molecule has 0 aliphatic carbocycles. The Labute approximate surface area is 126 Å². The second-order valence-corrected chi connectivity index (χ2v) is 7.21. The van der Waals surface area contributed by atoms with Gasteiger partial charge < -0.3 is 15.6 Å². The average Bonchev–Trinajstić information content (AvgIpc) is 2.39. The van der Waals surface area contributed by atoms with Crippen LogP contribution in [0.4, 0.5) is 5.69 Å². The highest BCUT2D eigenvalue weighted by atomic mass is 32.2. The van der Waals surface area contributed by atoms with E-state index in [2.05, 4.69) is 4.72 Å². The van der Waals surface area contributed by atoms with Crippen molar-refractivity contribution in [2.75, 3.05) is 26.0 Å². The largest absolute Gasteiger partial charge is 0.397 e. The maximum absolute atomic E-state index is 12.4. The molecular weight excluding hydrogens is 292 g/mol. The van der Waals surface area contributed by atoms with Gasteiger partial charge in [-0.2, -0.15) is 0 Å². The molecule has 7 heteroatoms. The highest BCUT2D eigenvalue weighted by Gasteiger charge is 2.26. The fourth-order valence-electron chi connectivity index (χ4n) is 1.90. The Morgan fingerprint density at radius 2 is 1.90 bits per heavy atom. The standard InChI is InChI=1S/C14H24N2O4S/c1-10-5-6-11(2)13(12(10)15)21(18,19)16-9-14(3,17)7-8-20-4/h5-6,16-17H,7-9,15H2,1-4H3. The first-order valence-corrected chi connectivity index (χ1v) is 8.16. The van der Waals surface area contributed by atoms with Gasteiger partial charge in [0, 0.05) is 26.7 Å². The van der Waals surface area contributed by atoms with Crippen molar-refractivity contribution in [1.29, 1.82) is 0 Å². The molecule has 1 aromatic rings. The molecule has 21 heavy (non-hydrogen) atoms. The molecule has 0 aliphatic rings. The van der Waals surface area contributed by atoms with E-state index in [0.29, 0.717) is 24.2 Å². The van der Waals surface area contributed by atoms with Crippen LogP contribution in [0, 0.1) is 13.8 Å². The first-order valence-electron chi connectivity index (χ1n) is 6.67. The van der Waals surface area contributed by atoms with Crippen molar-refractivity contribution in [2.45, 2.75) is 37.7 Å². The smallest absolute Gasteiger partial charge is 0.242 e. The van der Waals surface area contributed by atoms with Crippen LogP contribution in [-0.2, 0) is 14.8 Å². The summed E-state index contributed by atoms with van der Waals surface area (Å²) in [6, 6.07) is 3.49. The second kappa shape index (κ2) is 6.74. The number of methoxy groups -OCH3 is 1. The number of sulfonamides is 1. The lowest BCUT2D eigenvalue weighted by molar-refractivity contribution is 0.0292. The quantitative estimate of drug-likeness (QED) is 0.650. The highest BCUT2D eigenvalue weighted by molar-refractivity contribution is 7.89. The molecule has 0 saturated carbocycles. The molecule has 0 heterocycles. The van der Waals surface area contributed by atoms with E-state index in [0.717, 1.165) is 0 Å². The van der Waals surface area contributed by atoms with Gasteiger partial charge in [-0.3, -0.25) is 0 Å². The topological polar surface area (TPSA) is 102 Å². The van der Waals surface area contributed by atoms with Crippen LogP contribution in [0.5, 0.6) is 0 Å². The van der Waals surface area contributed by atoms with Crippen molar-refractivity contribution in [3.8, 4) is 0 Å². The van der Waals surface area contributed by atoms with Gasteiger partial charge in [0.1, 0.15) is 4.90 Å². The van der Waals surface area contributed by atoms with E-state index in [1.54, 1.807) is 32.9 Å². The third-order valence-corrected chi connectivity index (χ3v) is 4.97. The number of nitrogen functional groups attached to an aromatic ring is 1. The molecule has 0 spiro atoms. The van der Waals surface area contributed by atoms with Crippen molar-refractivity contribution < 1.29 is 18.3 Å². The SMILES string of the molecule is COCCC(C)(O)CNS(=O)(=O)c1c(C)ccc(C)c1N. The van der Waals surface area contributed by atoms with Crippen LogP contribution >= 0.6 is 0 Å². The number of benzene rings is 1. The molecule has 0 aliphatic heterocycles. The molecular formula is C14H24N2O4S. The molecule has 4 N–H and O–H groups in total. The molecule has 1 aromatic carbocycles. The maximum Gasteiger partial charge on any atom is 0.242 e. The fraction of sp³-hybridized carbons (Fsp3) is 0.571. The van der Waals surface area contributed by atoms with Gasteiger partial charge in [0.15, 0.2) is 0 Å². The molecule has 1 atom stereocenters. The average molecular weight is 316 g/mol. The number of anilines is 1. The minimum Gasteiger partial charge on any atom is -0.397 e. The minimum atomic E-state index is -3.78. The summed E-state index contributed by atoms with van der Waals surface area (Å²) in [6.45, 7) is 5.24. The third kappa shape index (κ3) is 4.67. The van der Waals surface area contributed by atoms with Gasteiger partial charge in [-0.05, 0) is 31.9 Å². The van der Waals surface area contributed by atoms with Crippen LogP contribution < -0.4 is 10.5 Å². The van der Waals surface area contributed by atoms with Gasteiger partial charge in [0.2, 0.25) is 10.0 Å². The highest BCUT2D eigenvalue weighted by Crippen LogP contribution is 2.26. The summed E-state index contributed by atoms with van der Waals surface area (Å²) in [5.41, 5.74) is 6.21. The van der Waals surface area contributed by atoms with Crippen LogP contribution in [0.1, 0.15) is 24.5 Å². The number of nitrogens with one attached hydrogen (secondary N) is 1. The van der Waals surface area contributed by atoms with Crippen molar-refractivity contribution in [3.05, 3.63) is 23.3 Å². The van der Waals surface area contributed by atoms with E-state index in [-0.39, 0.29) is 17.1 Å². The molecule has 0 bridgehead atoms. The Hall–Kier alpha value is -1.15. The van der Waals surface area contributed by atoms with Crippen LogP contribution in [-0.4, -0.2) is 39.4 Å². The van der Waals surface area contributed by atoms with Crippen molar-refractivity contribution >= 4 is 15.7 Å². The summed E-state index contributed by atoms with van der Waals surface area (Å²) in [6.07, 6.45) is 0.328. The minimum absolute atomic E-state index is 0.0741. The Kier molecular flexibility index (Phi) is 5.75. The zero-order chi connectivity index (χ0) is 16.3. The predicted octanol–water partition coefficient (Wildman–Crippen LogP) is 0.951. The van der Waals surface area contributed by atoms with E-state index in [1.807, 2.05) is 0 Å². The molecule has 0 amide bonds. The van der Waals surface area contributed by atoms with E-state index in [4.69, 9.17) is 10.5 Å². The summed E-state index contributed by atoms with van der Waals surface area (Å²) in [5, 5.41) is 10.1. The van der Waals surface area contributed by atoms with Crippen molar-refractivity contribution in [1.82, 2.24) is 4.72 Å².